The Hall–Kier alpha value is -4.04. The largest absolute Gasteiger partial charge is 0.489 e. The van der Waals surface area contributed by atoms with E-state index in [1.807, 2.05) is 107 Å². The molecule has 0 radical (unpaired) electrons. The quantitative estimate of drug-likeness (QED) is 0.0547. The van der Waals surface area contributed by atoms with Gasteiger partial charge in [0.15, 0.2) is 0 Å². The first-order valence-corrected chi connectivity index (χ1v) is 23.2. The summed E-state index contributed by atoms with van der Waals surface area (Å²) in [6.45, 7) is 7.01. The Labute approximate surface area is 368 Å². The van der Waals surface area contributed by atoms with Crippen molar-refractivity contribution < 1.29 is 19.1 Å². The van der Waals surface area contributed by atoms with Gasteiger partial charge < -0.3 is 38.9 Å². The fraction of sp³-hybridized carbons (Fsp3) is 0.458. The van der Waals surface area contributed by atoms with Gasteiger partial charge in [0.2, 0.25) is 0 Å². The third-order valence-corrected chi connectivity index (χ3v) is 12.2. The van der Waals surface area contributed by atoms with E-state index in [1.54, 1.807) is 0 Å². The Kier molecular flexibility index (Phi) is 21.3. The van der Waals surface area contributed by atoms with E-state index in [1.165, 1.54) is 21.6 Å². The molecule has 0 N–H and O–H groups in total. The molecule has 0 saturated carbocycles. The highest BCUT2D eigenvalue weighted by Gasteiger charge is 2.24. The van der Waals surface area contributed by atoms with E-state index in [-0.39, 0.29) is 11.8 Å². The third-order valence-electron chi connectivity index (χ3n) is 9.79. The van der Waals surface area contributed by atoms with Crippen LogP contribution < -0.4 is 9.47 Å². The highest BCUT2D eigenvalue weighted by Crippen LogP contribution is 2.43. The molecule has 0 unspecified atom stereocenters. The molecule has 0 fully saturated rings. The molecule has 0 aliphatic heterocycles. The molecule has 4 rings (SSSR count). The topological polar surface area (TPSA) is 72.0 Å². The van der Waals surface area contributed by atoms with Gasteiger partial charge in [-0.2, -0.15) is 0 Å². The summed E-state index contributed by atoms with van der Waals surface area (Å²) in [5.74, 6) is 1.34. The Balaban J connectivity index is 1.71. The van der Waals surface area contributed by atoms with Crippen LogP contribution in [0.1, 0.15) is 57.5 Å². The summed E-state index contributed by atoms with van der Waals surface area (Å²) in [6.07, 6.45) is 3.49. The van der Waals surface area contributed by atoms with Crippen molar-refractivity contribution in [1.29, 1.82) is 0 Å². The summed E-state index contributed by atoms with van der Waals surface area (Å²) in [4.78, 5) is 43.4. The van der Waals surface area contributed by atoms with Crippen LogP contribution in [0.2, 0.25) is 0 Å². The van der Waals surface area contributed by atoms with Crippen molar-refractivity contribution in [2.75, 3.05) is 109 Å². The zero-order valence-corrected chi connectivity index (χ0v) is 38.9. The number of amides is 2. The normalized spacial score (nSPS) is 11.5. The van der Waals surface area contributed by atoms with Gasteiger partial charge in [-0.05, 0) is 156 Å². The third kappa shape index (κ3) is 17.5. The molecule has 60 heavy (non-hydrogen) atoms. The molecule has 4 aromatic carbocycles. The number of rotatable bonds is 27. The first-order valence-electron chi connectivity index (χ1n) is 21.0. The van der Waals surface area contributed by atoms with E-state index in [4.69, 9.17) is 9.47 Å². The average molecular weight is 857 g/mol. The molecule has 0 saturated heterocycles. The minimum absolute atomic E-state index is 0.00516. The van der Waals surface area contributed by atoms with Crippen LogP contribution in [0.25, 0.3) is 0 Å². The van der Waals surface area contributed by atoms with E-state index in [9.17, 15) is 9.59 Å². The van der Waals surface area contributed by atoms with Gasteiger partial charge >= 0.3 is 0 Å². The maximum atomic E-state index is 14.6. The van der Waals surface area contributed by atoms with Crippen molar-refractivity contribution in [1.82, 2.24) is 29.4 Å². The van der Waals surface area contributed by atoms with Crippen LogP contribution in [0.5, 0.6) is 11.5 Å². The molecule has 12 heteroatoms. The van der Waals surface area contributed by atoms with Gasteiger partial charge in [-0.15, -0.1) is 0 Å². The molecule has 2 amide bonds. The monoisotopic (exact) mass is 856 g/mol. The lowest BCUT2D eigenvalue weighted by molar-refractivity contribution is 0.0733. The number of benzene rings is 4. The number of carbonyl (C=O) groups excluding carboxylic acids is 2. The second-order valence-electron chi connectivity index (χ2n) is 16.2. The molecule has 4 aromatic rings. The first kappa shape index (κ1) is 48.6. The maximum Gasteiger partial charge on any atom is 0.255 e. The van der Waals surface area contributed by atoms with Crippen molar-refractivity contribution in [3.63, 3.8) is 0 Å². The van der Waals surface area contributed by atoms with Crippen molar-refractivity contribution in [2.45, 2.75) is 48.7 Å². The molecular weight excluding hydrogens is 789 g/mol. The smallest absolute Gasteiger partial charge is 0.255 e. The van der Waals surface area contributed by atoms with Crippen LogP contribution in [0.15, 0.2) is 107 Å². The zero-order chi connectivity index (χ0) is 43.3. The molecule has 0 aliphatic carbocycles. The van der Waals surface area contributed by atoms with Gasteiger partial charge in [0.05, 0.1) is 11.1 Å². The van der Waals surface area contributed by atoms with Gasteiger partial charge in [-0.25, -0.2) is 0 Å². The Morgan fingerprint density at radius 1 is 0.433 bits per heavy atom. The molecule has 0 aromatic heterocycles. The summed E-state index contributed by atoms with van der Waals surface area (Å²) in [5, 5.41) is 0. The van der Waals surface area contributed by atoms with E-state index < -0.39 is 0 Å². The van der Waals surface area contributed by atoms with Gasteiger partial charge in [0.1, 0.15) is 24.7 Å². The fourth-order valence-electron chi connectivity index (χ4n) is 6.53. The molecule has 10 nitrogen and oxygen atoms in total. The van der Waals surface area contributed by atoms with E-state index in [0.717, 1.165) is 72.8 Å². The van der Waals surface area contributed by atoms with Crippen molar-refractivity contribution >= 4 is 33.4 Å². The molecular formula is C48H68N6O4S2. The fourth-order valence-corrected chi connectivity index (χ4v) is 8.89. The number of ether oxygens (including phenoxy) is 2. The second-order valence-corrected chi connectivity index (χ2v) is 18.5. The van der Waals surface area contributed by atoms with Crippen LogP contribution >= 0.6 is 21.6 Å². The first-order chi connectivity index (χ1) is 28.9. The van der Waals surface area contributed by atoms with Crippen LogP contribution in [0, 0.1) is 0 Å². The SMILES string of the molecule is CN(C)CCCN(CCCN(C)C)C(=O)c1ccc(OCc2ccccc2)cc1SSc1cc(OCc2ccccc2)ccc1C(=O)N(CCCN(C)C)CCCN(C)C. The molecule has 326 valence electrons. The highest BCUT2D eigenvalue weighted by molar-refractivity contribution is 8.76. The summed E-state index contributed by atoms with van der Waals surface area (Å²) >= 11 is 0. The molecule has 0 atom stereocenters. The number of hydrogen-bond donors (Lipinski definition) is 0. The van der Waals surface area contributed by atoms with Crippen LogP contribution in [-0.4, -0.2) is 150 Å². The number of carbonyl (C=O) groups is 2. The van der Waals surface area contributed by atoms with Crippen molar-refractivity contribution in [3.05, 3.63) is 119 Å². The lowest BCUT2D eigenvalue weighted by Gasteiger charge is -2.26. The van der Waals surface area contributed by atoms with Gasteiger partial charge in [-0.3, -0.25) is 9.59 Å². The van der Waals surface area contributed by atoms with Crippen LogP contribution in [0.4, 0.5) is 0 Å². The lowest BCUT2D eigenvalue weighted by Crippen LogP contribution is -2.35. The van der Waals surface area contributed by atoms with Gasteiger partial charge in [0.25, 0.3) is 11.8 Å². The summed E-state index contributed by atoms with van der Waals surface area (Å²) in [6, 6.07) is 31.7. The molecule has 0 aliphatic rings. The lowest BCUT2D eigenvalue weighted by atomic mass is 10.1. The van der Waals surface area contributed by atoms with Crippen LogP contribution in [-0.2, 0) is 13.2 Å². The highest BCUT2D eigenvalue weighted by atomic mass is 33.1. The Morgan fingerprint density at radius 2 is 0.750 bits per heavy atom. The standard InChI is InChI=1S/C48H68N6O4S2/c1-49(2)27-15-31-53(32-16-28-50(3)4)47(55)43-25-23-41(57-37-39-19-11-9-12-20-39)35-45(43)59-60-46-36-42(58-38-40-21-13-10-14-22-40)24-26-44(46)48(56)54(33-17-29-51(5)6)34-18-30-52(7)8/h9-14,19-26,35-36H,15-18,27-34,37-38H2,1-8H3. The van der Waals surface area contributed by atoms with E-state index in [0.29, 0.717) is 62.0 Å². The van der Waals surface area contributed by atoms with E-state index >= 15 is 0 Å². The number of nitrogens with zero attached hydrogens (tertiary/aromatic N) is 6. The van der Waals surface area contributed by atoms with Crippen molar-refractivity contribution in [2.24, 2.45) is 0 Å². The molecule has 0 bridgehead atoms. The maximum absolute atomic E-state index is 14.6. The average Bonchev–Trinajstić information content (AvgIpc) is 3.23. The molecule has 0 spiro atoms. The minimum Gasteiger partial charge on any atom is -0.489 e. The number of hydrogen-bond acceptors (Lipinski definition) is 10. The predicted molar refractivity (Wildman–Crippen MR) is 251 cm³/mol. The summed E-state index contributed by atoms with van der Waals surface area (Å²) in [7, 11) is 19.5. The zero-order valence-electron chi connectivity index (χ0n) is 37.3. The second kappa shape index (κ2) is 26.3. The van der Waals surface area contributed by atoms with Gasteiger partial charge in [0, 0.05) is 36.0 Å². The summed E-state index contributed by atoms with van der Waals surface area (Å²) < 4.78 is 12.6. The Morgan fingerprint density at radius 3 is 1.05 bits per heavy atom. The minimum atomic E-state index is -0.00516. The van der Waals surface area contributed by atoms with Crippen molar-refractivity contribution in [3.8, 4) is 11.5 Å². The molecule has 0 heterocycles. The van der Waals surface area contributed by atoms with Crippen LogP contribution in [0.3, 0.4) is 0 Å². The Bertz CT molecular complexity index is 1700. The van der Waals surface area contributed by atoms with E-state index in [2.05, 4.69) is 76.0 Å². The van der Waals surface area contributed by atoms with Gasteiger partial charge in [-0.1, -0.05) is 82.3 Å². The predicted octanol–water partition coefficient (Wildman–Crippen LogP) is 8.34. The summed E-state index contributed by atoms with van der Waals surface area (Å²) in [5.41, 5.74) is 3.36.